The summed E-state index contributed by atoms with van der Waals surface area (Å²) in [6.45, 7) is 1.53. The van der Waals surface area contributed by atoms with Crippen LogP contribution in [0.4, 0.5) is 24.9 Å². The fourth-order valence-electron chi connectivity index (χ4n) is 5.72. The number of benzene rings is 1. The predicted octanol–water partition coefficient (Wildman–Crippen LogP) is 4.40. The van der Waals surface area contributed by atoms with E-state index in [0.29, 0.717) is 11.7 Å². The summed E-state index contributed by atoms with van der Waals surface area (Å²) in [7, 11) is 1.49. The van der Waals surface area contributed by atoms with Gasteiger partial charge in [-0.3, -0.25) is 9.36 Å². The lowest BCUT2D eigenvalue weighted by Gasteiger charge is -2.41. The van der Waals surface area contributed by atoms with Crippen molar-refractivity contribution in [1.82, 2.24) is 9.55 Å². The first-order valence-corrected chi connectivity index (χ1v) is 12.1. The predicted molar refractivity (Wildman–Crippen MR) is 124 cm³/mol. The zero-order valence-corrected chi connectivity index (χ0v) is 19.4. The second-order valence-corrected chi connectivity index (χ2v) is 9.72. The number of halogens is 3. The van der Waals surface area contributed by atoms with Gasteiger partial charge in [-0.05, 0) is 49.5 Å². The van der Waals surface area contributed by atoms with E-state index in [1.165, 1.54) is 41.9 Å². The molecule has 34 heavy (non-hydrogen) atoms. The molecule has 184 valence electrons. The quantitative estimate of drug-likeness (QED) is 0.641. The molecule has 3 aliphatic rings. The average molecular weight is 477 g/mol. The van der Waals surface area contributed by atoms with Gasteiger partial charge in [0.25, 0.3) is 5.56 Å². The van der Waals surface area contributed by atoms with E-state index >= 15 is 0 Å². The topological polar surface area (TPSA) is 50.6 Å². The Kier molecular flexibility index (Phi) is 6.31. The Hall–Kier alpha value is -2.55. The number of methoxy groups -OCH3 is 1. The molecule has 0 radical (unpaired) electrons. The average Bonchev–Trinajstić information content (AvgIpc) is 2.95. The SMILES string of the molecule is CO[C@H](CN1c2nc(N3CCCC4CC[C@H]4C3)cc(=O)n2CC[C@H]1C(F)(F)F)c1ccccc1. The van der Waals surface area contributed by atoms with Crippen LogP contribution in [0.3, 0.4) is 0 Å². The molecule has 1 aromatic heterocycles. The number of alkyl halides is 3. The number of rotatable bonds is 5. The van der Waals surface area contributed by atoms with Gasteiger partial charge in [-0.1, -0.05) is 30.3 Å². The summed E-state index contributed by atoms with van der Waals surface area (Å²) in [6.07, 6.45) is -0.647. The van der Waals surface area contributed by atoms with E-state index in [2.05, 4.69) is 4.90 Å². The minimum absolute atomic E-state index is 0.00416. The minimum atomic E-state index is -4.45. The van der Waals surface area contributed by atoms with Crippen LogP contribution in [0.2, 0.25) is 0 Å². The van der Waals surface area contributed by atoms with Crippen molar-refractivity contribution in [3.05, 3.63) is 52.3 Å². The molecule has 2 aliphatic heterocycles. The van der Waals surface area contributed by atoms with Crippen LogP contribution < -0.4 is 15.4 Å². The maximum absolute atomic E-state index is 14.1. The van der Waals surface area contributed by atoms with E-state index in [0.717, 1.165) is 31.0 Å². The van der Waals surface area contributed by atoms with Crippen molar-refractivity contribution in [2.75, 3.05) is 36.5 Å². The van der Waals surface area contributed by atoms with Crippen LogP contribution in [0.15, 0.2) is 41.2 Å². The van der Waals surface area contributed by atoms with Crippen molar-refractivity contribution in [2.45, 2.75) is 57.0 Å². The summed E-state index contributed by atoms with van der Waals surface area (Å²) in [5.41, 5.74) is 0.485. The van der Waals surface area contributed by atoms with Gasteiger partial charge in [0, 0.05) is 32.8 Å². The number of ether oxygens (including phenoxy) is 1. The third-order valence-corrected chi connectivity index (χ3v) is 7.79. The molecule has 0 amide bonds. The van der Waals surface area contributed by atoms with E-state index in [1.807, 2.05) is 30.3 Å². The highest BCUT2D eigenvalue weighted by atomic mass is 19.4. The summed E-state index contributed by atoms with van der Waals surface area (Å²) in [4.78, 5) is 21.1. The molecule has 5 rings (SSSR count). The van der Waals surface area contributed by atoms with E-state index < -0.39 is 18.3 Å². The van der Waals surface area contributed by atoms with Gasteiger partial charge in [0.15, 0.2) is 0 Å². The zero-order chi connectivity index (χ0) is 23.9. The van der Waals surface area contributed by atoms with Gasteiger partial charge in [0.2, 0.25) is 5.95 Å². The third kappa shape index (κ3) is 4.42. The molecule has 4 atom stereocenters. The van der Waals surface area contributed by atoms with E-state index in [4.69, 9.17) is 9.72 Å². The summed E-state index contributed by atoms with van der Waals surface area (Å²) in [5, 5.41) is 0. The van der Waals surface area contributed by atoms with Crippen LogP contribution in [-0.2, 0) is 11.3 Å². The standard InChI is InChI=1S/C25H31F3N4O2/c1-34-20(18-6-3-2-4-7-18)16-32-21(25(26,27)28)11-13-31-23(33)14-22(29-24(31)32)30-12-5-8-17-9-10-19(17)15-30/h2-4,6-7,14,17,19-21H,5,8-13,15-16H2,1H3/t17?,19-,20+,21-/m0/s1. The van der Waals surface area contributed by atoms with E-state index in [-0.39, 0.29) is 31.0 Å². The van der Waals surface area contributed by atoms with Crippen molar-refractivity contribution in [3.63, 3.8) is 0 Å². The highest BCUT2D eigenvalue weighted by molar-refractivity contribution is 5.47. The monoisotopic (exact) mass is 476 g/mol. The van der Waals surface area contributed by atoms with Crippen LogP contribution in [0, 0.1) is 11.8 Å². The Labute approximate surface area is 197 Å². The van der Waals surface area contributed by atoms with Gasteiger partial charge in [0.1, 0.15) is 11.9 Å². The number of aromatic nitrogens is 2. The van der Waals surface area contributed by atoms with Crippen LogP contribution >= 0.6 is 0 Å². The van der Waals surface area contributed by atoms with Crippen molar-refractivity contribution < 1.29 is 17.9 Å². The van der Waals surface area contributed by atoms with Gasteiger partial charge in [-0.25, -0.2) is 0 Å². The van der Waals surface area contributed by atoms with E-state index in [1.54, 1.807) is 0 Å². The Morgan fingerprint density at radius 3 is 2.53 bits per heavy atom. The van der Waals surface area contributed by atoms with Crippen LogP contribution in [-0.4, -0.2) is 48.5 Å². The van der Waals surface area contributed by atoms with Crippen molar-refractivity contribution in [1.29, 1.82) is 0 Å². The van der Waals surface area contributed by atoms with Gasteiger partial charge in [-0.2, -0.15) is 18.2 Å². The Morgan fingerprint density at radius 1 is 1.09 bits per heavy atom. The van der Waals surface area contributed by atoms with Gasteiger partial charge >= 0.3 is 6.18 Å². The summed E-state index contributed by atoms with van der Waals surface area (Å²) < 4.78 is 49.4. The highest BCUT2D eigenvalue weighted by Crippen LogP contribution is 2.41. The number of anilines is 2. The lowest BCUT2D eigenvalue weighted by molar-refractivity contribution is -0.153. The Morgan fingerprint density at radius 2 is 1.85 bits per heavy atom. The molecule has 3 heterocycles. The lowest BCUT2D eigenvalue weighted by atomic mass is 9.72. The second-order valence-electron chi connectivity index (χ2n) is 9.72. The number of fused-ring (bicyclic) bond motifs is 2. The molecule has 2 aromatic rings. The first-order valence-electron chi connectivity index (χ1n) is 12.1. The first-order chi connectivity index (χ1) is 16.3. The normalized spacial score (nSPS) is 25.7. The van der Waals surface area contributed by atoms with Crippen LogP contribution in [0.1, 0.15) is 43.8 Å². The molecule has 1 saturated heterocycles. The van der Waals surface area contributed by atoms with Crippen molar-refractivity contribution >= 4 is 11.8 Å². The van der Waals surface area contributed by atoms with E-state index in [9.17, 15) is 18.0 Å². The molecule has 0 bridgehead atoms. The molecule has 0 N–H and O–H groups in total. The molecule has 6 nitrogen and oxygen atoms in total. The van der Waals surface area contributed by atoms with Gasteiger partial charge in [-0.15, -0.1) is 0 Å². The third-order valence-electron chi connectivity index (χ3n) is 7.79. The van der Waals surface area contributed by atoms with Crippen molar-refractivity contribution in [2.24, 2.45) is 11.8 Å². The number of hydrogen-bond acceptors (Lipinski definition) is 5. The largest absolute Gasteiger partial charge is 0.408 e. The molecule has 1 aliphatic carbocycles. The first kappa shape index (κ1) is 23.2. The smallest absolute Gasteiger partial charge is 0.375 e. The molecule has 9 heteroatoms. The summed E-state index contributed by atoms with van der Waals surface area (Å²) in [6, 6.07) is 8.97. The van der Waals surface area contributed by atoms with Gasteiger partial charge < -0.3 is 14.5 Å². The van der Waals surface area contributed by atoms with Crippen molar-refractivity contribution in [3.8, 4) is 0 Å². The highest BCUT2D eigenvalue weighted by Gasteiger charge is 2.47. The molecule has 2 fully saturated rings. The molecule has 1 saturated carbocycles. The second kappa shape index (κ2) is 9.24. The Bertz CT molecular complexity index is 1060. The minimum Gasteiger partial charge on any atom is -0.375 e. The number of hydrogen-bond donors (Lipinski definition) is 0. The summed E-state index contributed by atoms with van der Waals surface area (Å²) >= 11 is 0. The molecule has 1 aromatic carbocycles. The fraction of sp³-hybridized carbons (Fsp3) is 0.600. The maximum atomic E-state index is 14.1. The zero-order valence-electron chi connectivity index (χ0n) is 19.4. The Balaban J connectivity index is 1.52. The molecular weight excluding hydrogens is 445 g/mol. The molecule has 1 unspecified atom stereocenters. The van der Waals surface area contributed by atoms with Crippen LogP contribution in [0.25, 0.3) is 0 Å². The molecular formula is C25H31F3N4O2. The summed E-state index contributed by atoms with van der Waals surface area (Å²) in [5.74, 6) is 1.88. The maximum Gasteiger partial charge on any atom is 0.408 e. The van der Waals surface area contributed by atoms with Gasteiger partial charge in [0.05, 0.1) is 12.6 Å². The molecule has 0 spiro atoms. The lowest BCUT2D eigenvalue weighted by Crippen LogP contribution is -2.54. The fourth-order valence-corrected chi connectivity index (χ4v) is 5.72. The number of nitrogens with zero attached hydrogens (tertiary/aromatic N) is 4. The van der Waals surface area contributed by atoms with Crippen LogP contribution in [0.5, 0.6) is 0 Å².